The number of halogens is 3. The van der Waals surface area contributed by atoms with Gasteiger partial charge in [-0.3, -0.25) is 0 Å². The third kappa shape index (κ3) is 9.79. The molecule has 0 unspecified atom stereocenters. The van der Waals surface area contributed by atoms with Crippen molar-refractivity contribution in [3.8, 4) is 5.75 Å². The fourth-order valence-corrected chi connectivity index (χ4v) is 3.69. The zero-order chi connectivity index (χ0) is 21.7. The van der Waals surface area contributed by atoms with Gasteiger partial charge in [0.1, 0.15) is 5.52 Å². The third-order valence-electron chi connectivity index (χ3n) is 5.31. The third-order valence-corrected chi connectivity index (χ3v) is 5.31. The molecule has 1 aromatic heterocycles. The predicted molar refractivity (Wildman–Crippen MR) is 115 cm³/mol. The maximum absolute atomic E-state index is 12.6. The van der Waals surface area contributed by atoms with E-state index in [1.54, 1.807) is 12.1 Å². The Kier molecular flexibility index (Phi) is 11.0. The van der Waals surface area contributed by atoms with Gasteiger partial charge < -0.3 is 9.84 Å². The summed E-state index contributed by atoms with van der Waals surface area (Å²) in [6.45, 7) is 0.310. The molecule has 6 heteroatoms. The van der Waals surface area contributed by atoms with E-state index >= 15 is 0 Å². The number of alkyl halides is 3. The van der Waals surface area contributed by atoms with Crippen LogP contribution in [0.5, 0.6) is 5.75 Å². The Morgan fingerprint density at radius 1 is 0.733 bits per heavy atom. The summed E-state index contributed by atoms with van der Waals surface area (Å²) < 4.78 is 41.9. The molecule has 0 amide bonds. The van der Waals surface area contributed by atoms with Crippen molar-refractivity contribution in [1.29, 1.82) is 0 Å². The van der Waals surface area contributed by atoms with Gasteiger partial charge in [0.05, 0.1) is 0 Å². The highest BCUT2D eigenvalue weighted by Crippen LogP contribution is 2.29. The van der Waals surface area contributed by atoms with Crippen molar-refractivity contribution in [2.75, 3.05) is 6.61 Å². The number of para-hydroxylation sites is 1. The van der Waals surface area contributed by atoms with Gasteiger partial charge in [-0.15, -0.1) is 13.2 Å². The molecule has 0 fully saturated rings. The molecule has 0 spiro atoms. The summed E-state index contributed by atoms with van der Waals surface area (Å²) in [7, 11) is 0. The molecule has 0 aliphatic carbocycles. The number of aliphatic hydroxyl groups excluding tert-OH is 1. The first-order valence-electron chi connectivity index (χ1n) is 11.2. The summed E-state index contributed by atoms with van der Waals surface area (Å²) in [5.74, 6) is -0.241. The molecule has 0 bridgehead atoms. The molecule has 3 nitrogen and oxygen atoms in total. The van der Waals surface area contributed by atoms with Crippen LogP contribution in [-0.4, -0.2) is 23.1 Å². The SMILES string of the molecule is OCCCCCCCCCCCCCCc1ccc2cccc(OC(F)(F)F)c2n1. The van der Waals surface area contributed by atoms with E-state index in [1.165, 1.54) is 57.4 Å². The van der Waals surface area contributed by atoms with Crippen molar-refractivity contribution >= 4 is 10.9 Å². The number of nitrogens with zero attached hydrogens (tertiary/aromatic N) is 1. The Bertz CT molecular complexity index is 734. The first kappa shape index (κ1) is 24.4. The van der Waals surface area contributed by atoms with Crippen LogP contribution in [-0.2, 0) is 6.42 Å². The summed E-state index contributed by atoms with van der Waals surface area (Å²) in [5, 5.41) is 9.38. The van der Waals surface area contributed by atoms with Gasteiger partial charge in [-0.2, -0.15) is 0 Å². The van der Waals surface area contributed by atoms with Crippen LogP contribution >= 0.6 is 0 Å². The Morgan fingerprint density at radius 2 is 1.30 bits per heavy atom. The number of ether oxygens (including phenoxy) is 1. The lowest BCUT2D eigenvalue weighted by molar-refractivity contribution is -0.274. The molecule has 0 aliphatic rings. The Balaban J connectivity index is 1.62. The minimum atomic E-state index is -4.72. The smallest absolute Gasteiger partial charge is 0.403 e. The predicted octanol–water partition coefficient (Wildman–Crippen LogP) is 7.35. The Labute approximate surface area is 177 Å². The number of aromatic nitrogens is 1. The summed E-state index contributed by atoms with van der Waals surface area (Å²) in [6.07, 6.45) is 10.3. The van der Waals surface area contributed by atoms with Crippen molar-refractivity contribution in [2.24, 2.45) is 0 Å². The van der Waals surface area contributed by atoms with Gasteiger partial charge in [0, 0.05) is 17.7 Å². The van der Waals surface area contributed by atoms with E-state index in [0.29, 0.717) is 12.0 Å². The van der Waals surface area contributed by atoms with Crippen LogP contribution in [0.2, 0.25) is 0 Å². The number of pyridine rings is 1. The number of rotatable bonds is 15. The highest BCUT2D eigenvalue weighted by Gasteiger charge is 2.32. The van der Waals surface area contributed by atoms with Crippen molar-refractivity contribution in [1.82, 2.24) is 4.98 Å². The zero-order valence-corrected chi connectivity index (χ0v) is 17.7. The number of fused-ring (bicyclic) bond motifs is 1. The van der Waals surface area contributed by atoms with Crippen LogP contribution in [0, 0.1) is 0 Å². The molecular weight excluding hydrogens is 391 g/mol. The molecule has 1 N–H and O–H groups in total. The number of hydrogen-bond donors (Lipinski definition) is 1. The molecule has 0 atom stereocenters. The lowest BCUT2D eigenvalue weighted by atomic mass is 10.0. The van der Waals surface area contributed by atoms with Crippen molar-refractivity contribution in [2.45, 2.75) is 89.8 Å². The lowest BCUT2D eigenvalue weighted by Gasteiger charge is -2.11. The summed E-state index contributed by atoms with van der Waals surface area (Å²) in [5.41, 5.74) is 1.07. The average Bonchev–Trinajstić information content (AvgIpc) is 2.71. The summed E-state index contributed by atoms with van der Waals surface area (Å²) >= 11 is 0. The van der Waals surface area contributed by atoms with Gasteiger partial charge >= 0.3 is 6.36 Å². The van der Waals surface area contributed by atoms with Gasteiger partial charge in [-0.05, 0) is 31.4 Å². The normalized spacial score (nSPS) is 11.9. The Hall–Kier alpha value is -1.82. The number of aryl methyl sites for hydroxylation is 1. The summed E-state index contributed by atoms with van der Waals surface area (Å²) in [4.78, 5) is 4.41. The minimum absolute atomic E-state index is 0.241. The van der Waals surface area contributed by atoms with E-state index in [2.05, 4.69) is 9.72 Å². The van der Waals surface area contributed by atoms with Gasteiger partial charge in [0.2, 0.25) is 0 Å². The van der Waals surface area contributed by atoms with Gasteiger partial charge in [-0.1, -0.05) is 82.4 Å². The van der Waals surface area contributed by atoms with Crippen molar-refractivity contribution in [3.05, 3.63) is 36.0 Å². The standard InChI is InChI=1S/C24H34F3NO2/c25-24(26,27)30-22-16-13-14-20-17-18-21(28-23(20)22)15-11-9-7-5-3-1-2-4-6-8-10-12-19-29/h13-14,16-18,29H,1-12,15,19H2. The molecule has 1 heterocycles. The van der Waals surface area contributed by atoms with Gasteiger partial charge in [-0.25, -0.2) is 4.98 Å². The second kappa shape index (κ2) is 13.5. The van der Waals surface area contributed by atoms with Gasteiger partial charge in [0.25, 0.3) is 0 Å². The first-order valence-corrected chi connectivity index (χ1v) is 11.2. The van der Waals surface area contributed by atoms with Crippen LogP contribution in [0.1, 0.15) is 82.7 Å². The highest BCUT2D eigenvalue weighted by atomic mass is 19.4. The zero-order valence-electron chi connectivity index (χ0n) is 17.7. The van der Waals surface area contributed by atoms with E-state index in [0.717, 1.165) is 37.8 Å². The van der Waals surface area contributed by atoms with Crippen molar-refractivity contribution < 1.29 is 23.0 Å². The molecular formula is C24H34F3NO2. The maximum atomic E-state index is 12.6. The molecule has 2 rings (SSSR count). The quantitative estimate of drug-likeness (QED) is 0.303. The van der Waals surface area contributed by atoms with Crippen LogP contribution in [0.25, 0.3) is 10.9 Å². The van der Waals surface area contributed by atoms with Crippen LogP contribution in [0.3, 0.4) is 0 Å². The number of benzene rings is 1. The van der Waals surface area contributed by atoms with E-state index in [-0.39, 0.29) is 11.3 Å². The first-order chi connectivity index (χ1) is 14.5. The molecule has 0 saturated carbocycles. The molecule has 1 aromatic carbocycles. The molecule has 0 aliphatic heterocycles. The maximum Gasteiger partial charge on any atom is 0.573 e. The van der Waals surface area contributed by atoms with E-state index < -0.39 is 6.36 Å². The fourth-order valence-electron chi connectivity index (χ4n) is 3.69. The minimum Gasteiger partial charge on any atom is -0.403 e. The number of aliphatic hydroxyl groups is 1. The van der Waals surface area contributed by atoms with Gasteiger partial charge in [0.15, 0.2) is 5.75 Å². The van der Waals surface area contributed by atoms with Crippen molar-refractivity contribution in [3.63, 3.8) is 0 Å². The average molecular weight is 426 g/mol. The largest absolute Gasteiger partial charge is 0.573 e. The number of hydrogen-bond acceptors (Lipinski definition) is 3. The second-order valence-electron chi connectivity index (χ2n) is 7.89. The summed E-state index contributed by atoms with van der Waals surface area (Å²) in [6, 6.07) is 8.29. The molecule has 0 saturated heterocycles. The molecule has 0 radical (unpaired) electrons. The fraction of sp³-hybridized carbons (Fsp3) is 0.625. The van der Waals surface area contributed by atoms with E-state index in [4.69, 9.17) is 5.11 Å². The number of unbranched alkanes of at least 4 members (excludes halogenated alkanes) is 11. The topological polar surface area (TPSA) is 42.4 Å². The second-order valence-corrected chi connectivity index (χ2v) is 7.89. The highest BCUT2D eigenvalue weighted by molar-refractivity contribution is 5.84. The molecule has 168 valence electrons. The van der Waals surface area contributed by atoms with Crippen LogP contribution in [0.4, 0.5) is 13.2 Å². The molecule has 30 heavy (non-hydrogen) atoms. The van der Waals surface area contributed by atoms with E-state index in [9.17, 15) is 13.2 Å². The van der Waals surface area contributed by atoms with Crippen LogP contribution < -0.4 is 4.74 Å². The monoisotopic (exact) mass is 425 g/mol. The lowest BCUT2D eigenvalue weighted by Crippen LogP contribution is -2.17. The van der Waals surface area contributed by atoms with Crippen LogP contribution in [0.15, 0.2) is 30.3 Å². The Morgan fingerprint density at radius 3 is 1.87 bits per heavy atom. The molecule has 2 aromatic rings. The van der Waals surface area contributed by atoms with E-state index in [1.807, 2.05) is 12.1 Å².